The second-order valence-electron chi connectivity index (χ2n) is 2.44. The van der Waals surface area contributed by atoms with Crippen molar-refractivity contribution in [3.8, 4) is 17.6 Å². The zero-order chi connectivity index (χ0) is 8.39. The third kappa shape index (κ3) is 2.22. The monoisotopic (exact) mass is 233 g/mol. The maximum Gasteiger partial charge on any atom is 0.179 e. The molecule has 14 heavy (non-hydrogen) atoms. The van der Waals surface area contributed by atoms with E-state index < -0.39 is 0 Å². The lowest BCUT2D eigenvalue weighted by Crippen LogP contribution is -2.15. The molecule has 0 unspecified atom stereocenters. The number of halogens is 2. The van der Waals surface area contributed by atoms with Crippen LogP contribution in [0.2, 0.25) is 0 Å². The zero-order valence-electron chi connectivity index (χ0n) is 7.23. The van der Waals surface area contributed by atoms with Gasteiger partial charge in [0.05, 0.1) is 5.56 Å². The molecule has 1 aliphatic rings. The molecule has 0 radical (unpaired) electrons. The smallest absolute Gasteiger partial charge is 0.179 e. The molecule has 3 nitrogen and oxygen atoms in total. The molecule has 0 spiro atoms. The molecule has 1 aromatic carbocycles. The Morgan fingerprint density at radius 2 is 1.86 bits per heavy atom. The lowest BCUT2D eigenvalue weighted by molar-refractivity contribution is 0.171. The maximum absolute atomic E-state index is 8.71. The van der Waals surface area contributed by atoms with Crippen LogP contribution in [0.1, 0.15) is 5.56 Å². The molecule has 1 aliphatic heterocycles. The summed E-state index contributed by atoms with van der Waals surface area (Å²) >= 11 is 0. The average molecular weight is 234 g/mol. The number of rotatable bonds is 0. The van der Waals surface area contributed by atoms with Gasteiger partial charge in [-0.15, -0.1) is 24.8 Å². The third-order valence-electron chi connectivity index (χ3n) is 1.69. The quantitative estimate of drug-likeness (QED) is 0.690. The first-order valence-corrected chi connectivity index (χ1v) is 3.70. The predicted molar refractivity (Wildman–Crippen MR) is 56.6 cm³/mol. The van der Waals surface area contributed by atoms with E-state index in [0.29, 0.717) is 30.3 Å². The summed E-state index contributed by atoms with van der Waals surface area (Å²) in [5, 5.41) is 8.71. The van der Waals surface area contributed by atoms with E-state index in [9.17, 15) is 0 Å². The van der Waals surface area contributed by atoms with Crippen LogP contribution in [0.25, 0.3) is 0 Å². The van der Waals surface area contributed by atoms with E-state index in [1.807, 2.05) is 0 Å². The van der Waals surface area contributed by atoms with E-state index in [-0.39, 0.29) is 24.8 Å². The summed E-state index contributed by atoms with van der Waals surface area (Å²) in [5.74, 6) is 1.24. The number of nitriles is 1. The summed E-state index contributed by atoms with van der Waals surface area (Å²) in [7, 11) is 0. The van der Waals surface area contributed by atoms with Crippen LogP contribution in [0.4, 0.5) is 0 Å². The number of hydrogen-bond donors (Lipinski definition) is 0. The van der Waals surface area contributed by atoms with Crippen molar-refractivity contribution in [2.24, 2.45) is 0 Å². The molecule has 1 heterocycles. The van der Waals surface area contributed by atoms with Gasteiger partial charge in [0, 0.05) is 0 Å². The van der Waals surface area contributed by atoms with Crippen LogP contribution < -0.4 is 9.47 Å². The van der Waals surface area contributed by atoms with Crippen LogP contribution in [-0.2, 0) is 0 Å². The molecular weight excluding hydrogens is 225 g/mol. The molecule has 0 saturated carbocycles. The maximum atomic E-state index is 8.71. The molecule has 0 aromatic heterocycles. The van der Waals surface area contributed by atoms with Crippen LogP contribution in [-0.4, -0.2) is 13.2 Å². The van der Waals surface area contributed by atoms with Gasteiger partial charge in [-0.05, 0) is 12.1 Å². The minimum absolute atomic E-state index is 0. The zero-order valence-corrected chi connectivity index (χ0v) is 8.86. The highest BCUT2D eigenvalue weighted by atomic mass is 35.5. The number of nitrogens with zero attached hydrogens (tertiary/aromatic N) is 1. The van der Waals surface area contributed by atoms with Gasteiger partial charge in [-0.2, -0.15) is 5.26 Å². The van der Waals surface area contributed by atoms with Gasteiger partial charge < -0.3 is 9.47 Å². The van der Waals surface area contributed by atoms with Gasteiger partial charge >= 0.3 is 0 Å². The number of para-hydroxylation sites is 1. The normalized spacial score (nSPS) is 11.6. The van der Waals surface area contributed by atoms with Crippen LogP contribution in [0.15, 0.2) is 18.2 Å². The van der Waals surface area contributed by atoms with E-state index in [1.165, 1.54) is 0 Å². The molecule has 5 heteroatoms. The molecule has 0 bridgehead atoms. The molecular formula is C9H9Cl2NO2. The third-order valence-corrected chi connectivity index (χ3v) is 1.69. The Kier molecular flexibility index (Phi) is 5.14. The van der Waals surface area contributed by atoms with Crippen molar-refractivity contribution < 1.29 is 9.47 Å². The molecule has 0 amide bonds. The fraction of sp³-hybridized carbons (Fsp3) is 0.222. The molecule has 0 atom stereocenters. The topological polar surface area (TPSA) is 42.2 Å². The van der Waals surface area contributed by atoms with Gasteiger partial charge in [-0.25, -0.2) is 0 Å². The van der Waals surface area contributed by atoms with E-state index in [0.717, 1.165) is 0 Å². The van der Waals surface area contributed by atoms with Crippen molar-refractivity contribution in [1.29, 1.82) is 5.26 Å². The van der Waals surface area contributed by atoms with Crippen molar-refractivity contribution >= 4 is 24.8 Å². The lowest BCUT2D eigenvalue weighted by Gasteiger charge is -2.18. The molecule has 1 aromatic rings. The minimum atomic E-state index is 0. The van der Waals surface area contributed by atoms with Crippen molar-refractivity contribution in [1.82, 2.24) is 0 Å². The highest BCUT2D eigenvalue weighted by Crippen LogP contribution is 2.32. The second-order valence-corrected chi connectivity index (χ2v) is 2.44. The van der Waals surface area contributed by atoms with Gasteiger partial charge in [-0.1, -0.05) is 6.07 Å². The number of hydrogen-bond acceptors (Lipinski definition) is 3. The van der Waals surface area contributed by atoms with E-state index in [2.05, 4.69) is 6.07 Å². The Labute approximate surface area is 94.4 Å². The van der Waals surface area contributed by atoms with Crippen molar-refractivity contribution in [2.75, 3.05) is 13.2 Å². The lowest BCUT2D eigenvalue weighted by atomic mass is 10.2. The summed E-state index contributed by atoms with van der Waals surface area (Å²) < 4.78 is 10.6. The molecule has 2 rings (SSSR count). The Morgan fingerprint density at radius 1 is 1.14 bits per heavy atom. The van der Waals surface area contributed by atoms with Crippen molar-refractivity contribution in [3.63, 3.8) is 0 Å². The summed E-state index contributed by atoms with van der Waals surface area (Å²) in [6.07, 6.45) is 0. The van der Waals surface area contributed by atoms with Crippen molar-refractivity contribution in [2.45, 2.75) is 0 Å². The van der Waals surface area contributed by atoms with Crippen molar-refractivity contribution in [3.05, 3.63) is 23.8 Å². The van der Waals surface area contributed by atoms with E-state index in [4.69, 9.17) is 14.7 Å². The van der Waals surface area contributed by atoms with Gasteiger partial charge in [0.25, 0.3) is 0 Å². The molecule has 0 aliphatic carbocycles. The summed E-state index contributed by atoms with van der Waals surface area (Å²) in [5.41, 5.74) is 0.534. The number of ether oxygens (including phenoxy) is 2. The number of fused-ring (bicyclic) bond motifs is 1. The first kappa shape index (κ1) is 12.9. The van der Waals surface area contributed by atoms with E-state index in [1.54, 1.807) is 18.2 Å². The van der Waals surface area contributed by atoms with Gasteiger partial charge in [0.2, 0.25) is 0 Å². The predicted octanol–water partition coefficient (Wildman–Crippen LogP) is 2.17. The Bertz CT molecular complexity index is 349. The van der Waals surface area contributed by atoms with Crippen LogP contribution >= 0.6 is 24.8 Å². The Balaban J connectivity index is 0.000000845. The second kappa shape index (κ2) is 5.58. The molecule has 0 fully saturated rings. The summed E-state index contributed by atoms with van der Waals surface area (Å²) in [4.78, 5) is 0. The fourth-order valence-corrected chi connectivity index (χ4v) is 1.16. The highest BCUT2D eigenvalue weighted by Gasteiger charge is 2.14. The molecule has 0 saturated heterocycles. The molecule has 76 valence electrons. The fourth-order valence-electron chi connectivity index (χ4n) is 1.16. The van der Waals surface area contributed by atoms with E-state index >= 15 is 0 Å². The number of benzene rings is 1. The Hall–Kier alpha value is -1.11. The first-order chi connectivity index (χ1) is 5.92. The van der Waals surface area contributed by atoms with Crippen LogP contribution in [0.3, 0.4) is 0 Å². The van der Waals surface area contributed by atoms with Gasteiger partial charge in [0.15, 0.2) is 11.5 Å². The highest BCUT2D eigenvalue weighted by molar-refractivity contribution is 5.85. The van der Waals surface area contributed by atoms with Gasteiger partial charge in [-0.3, -0.25) is 0 Å². The largest absolute Gasteiger partial charge is 0.486 e. The SMILES string of the molecule is Cl.Cl.N#Cc1cccc2c1OCCO2. The van der Waals surface area contributed by atoms with Crippen LogP contribution in [0.5, 0.6) is 11.5 Å². The summed E-state index contributed by atoms with van der Waals surface area (Å²) in [6.45, 7) is 1.08. The summed E-state index contributed by atoms with van der Waals surface area (Å²) in [6, 6.07) is 7.35. The first-order valence-electron chi connectivity index (χ1n) is 3.70. The standard InChI is InChI=1S/C9H7NO2.2ClH/c10-6-7-2-1-3-8-9(7)12-5-4-11-8;;/h1-3H,4-5H2;2*1H. The average Bonchev–Trinajstić information content (AvgIpc) is 2.17. The Morgan fingerprint density at radius 3 is 2.57 bits per heavy atom. The molecule has 0 N–H and O–H groups in total. The minimum Gasteiger partial charge on any atom is -0.486 e. The van der Waals surface area contributed by atoms with Crippen LogP contribution in [0, 0.1) is 11.3 Å². The van der Waals surface area contributed by atoms with Gasteiger partial charge in [0.1, 0.15) is 19.3 Å².